The number of nitrogens with one attached hydrogen (secondary N) is 1. The molecule has 0 unspecified atom stereocenters. The van der Waals surface area contributed by atoms with E-state index in [4.69, 9.17) is 29.6 Å². The molecular weight excluding hydrogens is 290 g/mol. The maximum absolute atomic E-state index is 5.99. The lowest BCUT2D eigenvalue weighted by Gasteiger charge is -2.19. The molecule has 0 spiro atoms. The van der Waals surface area contributed by atoms with Gasteiger partial charge in [-0.05, 0) is 30.3 Å². The van der Waals surface area contributed by atoms with Gasteiger partial charge in [-0.3, -0.25) is 0 Å². The topological polar surface area (TPSA) is 41.3 Å². The Balaban J connectivity index is 2.43. The summed E-state index contributed by atoms with van der Waals surface area (Å²) in [6.07, 6.45) is 0. The predicted molar refractivity (Wildman–Crippen MR) is 91.4 cm³/mol. The molecule has 0 heterocycles. The van der Waals surface area contributed by atoms with E-state index in [2.05, 4.69) is 5.32 Å². The number of para-hydroxylation sites is 2. The van der Waals surface area contributed by atoms with Gasteiger partial charge in [-0.25, -0.2) is 0 Å². The Kier molecular flexibility index (Phi) is 4.47. The first-order chi connectivity index (χ1) is 9.49. The van der Waals surface area contributed by atoms with Crippen LogP contribution in [0.5, 0.6) is 0 Å². The van der Waals surface area contributed by atoms with Gasteiger partial charge in [0.25, 0.3) is 0 Å². The predicted octanol–water partition coefficient (Wildman–Crippen LogP) is 3.78. The van der Waals surface area contributed by atoms with Crippen LogP contribution in [0.15, 0.2) is 42.5 Å². The Bertz CT molecular complexity index is 641. The molecule has 3 nitrogen and oxygen atoms in total. The molecule has 0 saturated heterocycles. The van der Waals surface area contributed by atoms with Crippen LogP contribution in [-0.4, -0.2) is 19.1 Å². The molecule has 0 aliphatic carbocycles. The standard InChI is InChI=1S/C15H16ClN3S/c1-19(2)14-6-4-3-5-13(14)18-12-8-7-10(16)9-11(12)15(17)20/h3-9,18H,1-2H3,(H2,17,20). The summed E-state index contributed by atoms with van der Waals surface area (Å²) in [6.45, 7) is 0. The molecule has 0 aromatic heterocycles. The zero-order chi connectivity index (χ0) is 14.7. The molecule has 0 radical (unpaired) electrons. The fraction of sp³-hybridized carbons (Fsp3) is 0.133. The Morgan fingerprint density at radius 1 is 1.15 bits per heavy atom. The lowest BCUT2D eigenvalue weighted by atomic mass is 10.1. The van der Waals surface area contributed by atoms with Gasteiger partial charge in [0.2, 0.25) is 0 Å². The van der Waals surface area contributed by atoms with Crippen LogP contribution in [0.4, 0.5) is 17.1 Å². The van der Waals surface area contributed by atoms with Crippen LogP contribution in [0.25, 0.3) is 0 Å². The molecule has 0 saturated carbocycles. The zero-order valence-corrected chi connectivity index (χ0v) is 12.9. The van der Waals surface area contributed by atoms with Gasteiger partial charge in [-0.1, -0.05) is 36.0 Å². The minimum absolute atomic E-state index is 0.317. The summed E-state index contributed by atoms with van der Waals surface area (Å²) in [7, 11) is 3.99. The van der Waals surface area contributed by atoms with Crippen molar-refractivity contribution in [3.8, 4) is 0 Å². The van der Waals surface area contributed by atoms with Crippen LogP contribution in [0.1, 0.15) is 5.56 Å². The van der Waals surface area contributed by atoms with E-state index in [1.807, 2.05) is 55.4 Å². The van der Waals surface area contributed by atoms with E-state index in [1.54, 1.807) is 6.07 Å². The average Bonchev–Trinajstić information content (AvgIpc) is 2.41. The van der Waals surface area contributed by atoms with Crippen molar-refractivity contribution in [2.24, 2.45) is 5.73 Å². The maximum Gasteiger partial charge on any atom is 0.106 e. The number of anilines is 3. The highest BCUT2D eigenvalue weighted by atomic mass is 35.5. The molecule has 104 valence electrons. The van der Waals surface area contributed by atoms with Crippen LogP contribution in [0.3, 0.4) is 0 Å². The summed E-state index contributed by atoms with van der Waals surface area (Å²) in [4.78, 5) is 2.36. The Labute approximate surface area is 129 Å². The summed E-state index contributed by atoms with van der Waals surface area (Å²) in [5.41, 5.74) is 9.40. The molecule has 0 amide bonds. The van der Waals surface area contributed by atoms with Gasteiger partial charge >= 0.3 is 0 Å². The van der Waals surface area contributed by atoms with E-state index in [0.717, 1.165) is 22.6 Å². The molecule has 0 atom stereocenters. The number of halogens is 1. The van der Waals surface area contributed by atoms with Gasteiger partial charge in [-0.2, -0.15) is 0 Å². The molecular formula is C15H16ClN3S. The van der Waals surface area contributed by atoms with Crippen molar-refractivity contribution in [3.05, 3.63) is 53.1 Å². The highest BCUT2D eigenvalue weighted by molar-refractivity contribution is 7.80. The zero-order valence-electron chi connectivity index (χ0n) is 11.4. The average molecular weight is 306 g/mol. The molecule has 2 rings (SSSR count). The molecule has 0 aliphatic heterocycles. The monoisotopic (exact) mass is 305 g/mol. The van der Waals surface area contributed by atoms with Crippen molar-refractivity contribution in [2.45, 2.75) is 0 Å². The summed E-state index contributed by atoms with van der Waals surface area (Å²) < 4.78 is 0. The highest BCUT2D eigenvalue weighted by Crippen LogP contribution is 2.30. The van der Waals surface area contributed by atoms with E-state index in [-0.39, 0.29) is 0 Å². The second-order valence-corrected chi connectivity index (χ2v) is 5.47. The van der Waals surface area contributed by atoms with Crippen LogP contribution in [0.2, 0.25) is 5.02 Å². The van der Waals surface area contributed by atoms with Crippen LogP contribution < -0.4 is 16.0 Å². The third-order valence-corrected chi connectivity index (χ3v) is 3.36. The number of hydrogen-bond donors (Lipinski definition) is 2. The summed E-state index contributed by atoms with van der Waals surface area (Å²) in [5.74, 6) is 0. The third-order valence-electron chi connectivity index (χ3n) is 2.90. The van der Waals surface area contributed by atoms with E-state index in [9.17, 15) is 0 Å². The second-order valence-electron chi connectivity index (χ2n) is 4.59. The van der Waals surface area contributed by atoms with Crippen molar-refractivity contribution in [3.63, 3.8) is 0 Å². The van der Waals surface area contributed by atoms with Crippen LogP contribution in [-0.2, 0) is 0 Å². The molecule has 5 heteroatoms. The maximum atomic E-state index is 5.99. The number of nitrogens with zero attached hydrogens (tertiary/aromatic N) is 1. The number of thiocarbonyl (C=S) groups is 1. The third kappa shape index (κ3) is 3.21. The number of benzene rings is 2. The highest BCUT2D eigenvalue weighted by Gasteiger charge is 2.09. The molecule has 2 aromatic carbocycles. The lowest BCUT2D eigenvalue weighted by molar-refractivity contribution is 1.13. The largest absolute Gasteiger partial charge is 0.389 e. The van der Waals surface area contributed by atoms with E-state index in [0.29, 0.717) is 10.0 Å². The van der Waals surface area contributed by atoms with Crippen molar-refractivity contribution >= 4 is 45.9 Å². The van der Waals surface area contributed by atoms with Gasteiger partial charge in [-0.15, -0.1) is 0 Å². The lowest BCUT2D eigenvalue weighted by Crippen LogP contribution is -2.14. The van der Waals surface area contributed by atoms with Gasteiger partial charge in [0.1, 0.15) is 4.99 Å². The number of rotatable bonds is 4. The van der Waals surface area contributed by atoms with Gasteiger partial charge in [0, 0.05) is 30.4 Å². The smallest absolute Gasteiger partial charge is 0.106 e. The molecule has 3 N–H and O–H groups in total. The minimum atomic E-state index is 0.317. The van der Waals surface area contributed by atoms with E-state index >= 15 is 0 Å². The summed E-state index contributed by atoms with van der Waals surface area (Å²) in [5, 5.41) is 3.97. The number of nitrogens with two attached hydrogens (primary N) is 1. The molecule has 20 heavy (non-hydrogen) atoms. The molecule has 0 aliphatic rings. The van der Waals surface area contributed by atoms with Crippen LogP contribution in [0, 0.1) is 0 Å². The molecule has 2 aromatic rings. The Hall–Kier alpha value is -1.78. The van der Waals surface area contributed by atoms with Crippen molar-refractivity contribution in [1.82, 2.24) is 0 Å². The molecule has 0 bridgehead atoms. The van der Waals surface area contributed by atoms with Crippen LogP contribution >= 0.6 is 23.8 Å². The molecule has 0 fully saturated rings. The fourth-order valence-corrected chi connectivity index (χ4v) is 2.28. The van der Waals surface area contributed by atoms with Crippen molar-refractivity contribution in [2.75, 3.05) is 24.3 Å². The summed E-state index contributed by atoms with van der Waals surface area (Å²) in [6, 6.07) is 13.5. The quantitative estimate of drug-likeness (QED) is 0.843. The minimum Gasteiger partial charge on any atom is -0.389 e. The van der Waals surface area contributed by atoms with Crippen molar-refractivity contribution in [1.29, 1.82) is 0 Å². The van der Waals surface area contributed by atoms with Gasteiger partial charge in [0.05, 0.1) is 11.4 Å². The first-order valence-corrected chi connectivity index (χ1v) is 6.90. The first-order valence-electron chi connectivity index (χ1n) is 6.12. The second kappa shape index (κ2) is 6.11. The first kappa shape index (κ1) is 14.6. The van der Waals surface area contributed by atoms with Gasteiger partial charge < -0.3 is 16.0 Å². The SMILES string of the molecule is CN(C)c1ccccc1Nc1ccc(Cl)cc1C(N)=S. The normalized spacial score (nSPS) is 10.2. The van der Waals surface area contributed by atoms with Gasteiger partial charge in [0.15, 0.2) is 0 Å². The Morgan fingerprint density at radius 3 is 2.50 bits per heavy atom. The van der Waals surface area contributed by atoms with Crippen molar-refractivity contribution < 1.29 is 0 Å². The van der Waals surface area contributed by atoms with E-state index in [1.165, 1.54) is 0 Å². The number of hydrogen-bond acceptors (Lipinski definition) is 3. The Morgan fingerprint density at radius 2 is 1.85 bits per heavy atom. The fourth-order valence-electron chi connectivity index (χ4n) is 1.94. The van der Waals surface area contributed by atoms with E-state index < -0.39 is 0 Å². The summed E-state index contributed by atoms with van der Waals surface area (Å²) >= 11 is 11.1.